The summed E-state index contributed by atoms with van der Waals surface area (Å²) < 4.78 is 3.37. The highest BCUT2D eigenvalue weighted by Crippen LogP contribution is 2.14. The van der Waals surface area contributed by atoms with Crippen molar-refractivity contribution in [2.75, 3.05) is 5.32 Å². The van der Waals surface area contributed by atoms with E-state index in [1.807, 2.05) is 20.9 Å². The van der Waals surface area contributed by atoms with Gasteiger partial charge >= 0.3 is 0 Å². The number of hydrogen-bond acceptors (Lipinski definition) is 3. The van der Waals surface area contributed by atoms with Gasteiger partial charge in [-0.3, -0.25) is 14.2 Å². The minimum atomic E-state index is -0.212. The molecule has 2 aromatic rings. The van der Waals surface area contributed by atoms with Gasteiger partial charge in [-0.15, -0.1) is 0 Å². The van der Waals surface area contributed by atoms with Crippen molar-refractivity contribution in [3.05, 3.63) is 29.3 Å². The van der Waals surface area contributed by atoms with Crippen LogP contribution in [-0.2, 0) is 18.4 Å². The van der Waals surface area contributed by atoms with Crippen LogP contribution in [0.1, 0.15) is 12.6 Å². The zero-order chi connectivity index (χ0) is 14.0. The van der Waals surface area contributed by atoms with E-state index in [0.29, 0.717) is 11.6 Å². The van der Waals surface area contributed by atoms with E-state index in [0.717, 1.165) is 11.4 Å². The zero-order valence-corrected chi connectivity index (χ0v) is 11.8. The average molecular weight is 282 g/mol. The van der Waals surface area contributed by atoms with E-state index in [1.54, 1.807) is 28.0 Å². The van der Waals surface area contributed by atoms with Crippen LogP contribution in [-0.4, -0.2) is 25.5 Å². The van der Waals surface area contributed by atoms with Crippen LogP contribution in [0.25, 0.3) is 0 Å². The van der Waals surface area contributed by atoms with Gasteiger partial charge in [-0.25, -0.2) is 0 Å². The molecular weight excluding hydrogens is 266 g/mol. The number of nitrogens with one attached hydrogen (secondary N) is 1. The van der Waals surface area contributed by atoms with Crippen LogP contribution in [0.2, 0.25) is 5.02 Å². The van der Waals surface area contributed by atoms with Crippen LogP contribution in [0.15, 0.2) is 18.6 Å². The first kappa shape index (κ1) is 13.6. The van der Waals surface area contributed by atoms with Crippen molar-refractivity contribution in [2.45, 2.75) is 20.4 Å². The van der Waals surface area contributed by atoms with Crippen LogP contribution in [0, 0.1) is 12.8 Å². The quantitative estimate of drug-likeness (QED) is 0.930. The first-order valence-corrected chi connectivity index (χ1v) is 6.32. The molecule has 0 saturated carbocycles. The third-order valence-electron chi connectivity index (χ3n) is 3.00. The number of hydrogen-bond donors (Lipinski definition) is 1. The fourth-order valence-electron chi connectivity index (χ4n) is 1.68. The molecule has 0 aliphatic rings. The van der Waals surface area contributed by atoms with E-state index in [4.69, 9.17) is 11.6 Å². The average Bonchev–Trinajstić information content (AvgIpc) is 2.90. The third kappa shape index (κ3) is 3.14. The third-order valence-corrected chi connectivity index (χ3v) is 3.20. The molecule has 0 radical (unpaired) electrons. The first-order valence-electron chi connectivity index (χ1n) is 5.95. The second-order valence-electron chi connectivity index (χ2n) is 4.54. The first-order chi connectivity index (χ1) is 8.97. The molecule has 1 unspecified atom stereocenters. The zero-order valence-electron chi connectivity index (χ0n) is 11.1. The second kappa shape index (κ2) is 5.44. The summed E-state index contributed by atoms with van der Waals surface area (Å²) in [6, 6.07) is 0. The number of nitrogens with zero attached hydrogens (tertiary/aromatic N) is 4. The lowest BCUT2D eigenvalue weighted by atomic mass is 10.1. The fraction of sp³-hybridized carbons (Fsp3) is 0.417. The Labute approximate surface area is 116 Å². The van der Waals surface area contributed by atoms with Gasteiger partial charge in [-0.05, 0) is 6.92 Å². The van der Waals surface area contributed by atoms with E-state index < -0.39 is 0 Å². The summed E-state index contributed by atoms with van der Waals surface area (Å²) in [5.41, 5.74) is 1.65. The number of anilines is 1. The van der Waals surface area contributed by atoms with Crippen molar-refractivity contribution >= 4 is 23.2 Å². The number of aromatic nitrogens is 4. The molecule has 0 saturated heterocycles. The van der Waals surface area contributed by atoms with Gasteiger partial charge in [-0.1, -0.05) is 18.5 Å². The molecule has 0 bridgehead atoms. The smallest absolute Gasteiger partial charge is 0.229 e. The topological polar surface area (TPSA) is 64.7 Å². The monoisotopic (exact) mass is 281 g/mol. The summed E-state index contributed by atoms with van der Waals surface area (Å²) in [4.78, 5) is 12.1. The molecule has 0 aliphatic carbocycles. The Morgan fingerprint density at radius 1 is 1.47 bits per heavy atom. The van der Waals surface area contributed by atoms with Gasteiger partial charge in [0.15, 0.2) is 0 Å². The van der Waals surface area contributed by atoms with Crippen molar-refractivity contribution in [1.29, 1.82) is 0 Å². The number of aryl methyl sites for hydroxylation is 1. The minimum Gasteiger partial charge on any atom is -0.323 e. The molecule has 1 atom stereocenters. The van der Waals surface area contributed by atoms with Crippen LogP contribution < -0.4 is 5.32 Å². The number of rotatable bonds is 4. The largest absolute Gasteiger partial charge is 0.323 e. The molecule has 2 rings (SSSR count). The molecule has 102 valence electrons. The molecule has 2 aromatic heterocycles. The van der Waals surface area contributed by atoms with Crippen molar-refractivity contribution in [3.63, 3.8) is 0 Å². The lowest BCUT2D eigenvalue weighted by Crippen LogP contribution is -2.24. The van der Waals surface area contributed by atoms with Gasteiger partial charge in [0.25, 0.3) is 0 Å². The van der Waals surface area contributed by atoms with Gasteiger partial charge in [0.05, 0.1) is 41.3 Å². The molecule has 7 heteroatoms. The van der Waals surface area contributed by atoms with E-state index in [1.165, 1.54) is 0 Å². The number of halogens is 1. The highest BCUT2D eigenvalue weighted by molar-refractivity contribution is 6.30. The van der Waals surface area contributed by atoms with Crippen molar-refractivity contribution in [1.82, 2.24) is 19.6 Å². The fourth-order valence-corrected chi connectivity index (χ4v) is 1.84. The standard InChI is InChI=1S/C12H16ClN5O/c1-8(6-18-7-10(13)4-15-18)12(19)16-11-5-14-17(3)9(11)2/h4-5,7-8H,6H2,1-3H3,(H,16,19). The predicted molar refractivity (Wildman–Crippen MR) is 73.0 cm³/mol. The van der Waals surface area contributed by atoms with Gasteiger partial charge in [0.2, 0.25) is 5.91 Å². The molecular formula is C12H16ClN5O. The summed E-state index contributed by atoms with van der Waals surface area (Å²) in [7, 11) is 1.83. The molecule has 0 fully saturated rings. The molecule has 1 amide bonds. The predicted octanol–water partition coefficient (Wildman–Crippen LogP) is 1.85. The van der Waals surface area contributed by atoms with Gasteiger partial charge in [0.1, 0.15) is 0 Å². The second-order valence-corrected chi connectivity index (χ2v) is 4.97. The van der Waals surface area contributed by atoms with Gasteiger partial charge < -0.3 is 5.32 Å². The summed E-state index contributed by atoms with van der Waals surface area (Å²) in [6.07, 6.45) is 4.89. The minimum absolute atomic E-state index is 0.0669. The summed E-state index contributed by atoms with van der Waals surface area (Å²) in [5, 5.41) is 11.6. The van der Waals surface area contributed by atoms with Crippen LogP contribution in [0.4, 0.5) is 5.69 Å². The molecule has 0 aliphatic heterocycles. The maximum atomic E-state index is 12.1. The van der Waals surface area contributed by atoms with Crippen LogP contribution >= 0.6 is 11.6 Å². The highest BCUT2D eigenvalue weighted by atomic mass is 35.5. The molecule has 0 aromatic carbocycles. The number of carbonyl (C=O) groups excluding carboxylic acids is 1. The van der Waals surface area contributed by atoms with Crippen LogP contribution in [0.3, 0.4) is 0 Å². The van der Waals surface area contributed by atoms with Crippen LogP contribution in [0.5, 0.6) is 0 Å². The van der Waals surface area contributed by atoms with Gasteiger partial charge in [0, 0.05) is 13.2 Å². The summed E-state index contributed by atoms with van der Waals surface area (Å²) in [5.74, 6) is -0.279. The normalized spacial score (nSPS) is 12.4. The SMILES string of the molecule is Cc1c(NC(=O)C(C)Cn2cc(Cl)cn2)cnn1C. The Morgan fingerprint density at radius 3 is 2.74 bits per heavy atom. The maximum Gasteiger partial charge on any atom is 0.229 e. The molecule has 19 heavy (non-hydrogen) atoms. The highest BCUT2D eigenvalue weighted by Gasteiger charge is 2.16. The Bertz CT molecular complexity index is 589. The molecule has 1 N–H and O–H groups in total. The Hall–Kier alpha value is -1.82. The van der Waals surface area contributed by atoms with Crippen molar-refractivity contribution in [3.8, 4) is 0 Å². The van der Waals surface area contributed by atoms with Gasteiger partial charge in [-0.2, -0.15) is 10.2 Å². The van der Waals surface area contributed by atoms with E-state index in [2.05, 4.69) is 15.5 Å². The molecule has 2 heterocycles. The Kier molecular flexibility index (Phi) is 3.90. The molecule has 0 spiro atoms. The summed E-state index contributed by atoms with van der Waals surface area (Å²) >= 11 is 5.78. The molecule has 6 nitrogen and oxygen atoms in total. The van der Waals surface area contributed by atoms with E-state index >= 15 is 0 Å². The van der Waals surface area contributed by atoms with Crippen molar-refractivity contribution < 1.29 is 4.79 Å². The Morgan fingerprint density at radius 2 is 2.21 bits per heavy atom. The lowest BCUT2D eigenvalue weighted by Gasteiger charge is -2.11. The Balaban J connectivity index is 1.98. The lowest BCUT2D eigenvalue weighted by molar-refractivity contribution is -0.119. The summed E-state index contributed by atoms with van der Waals surface area (Å²) in [6.45, 7) is 4.23. The van der Waals surface area contributed by atoms with E-state index in [9.17, 15) is 4.79 Å². The maximum absolute atomic E-state index is 12.1. The van der Waals surface area contributed by atoms with E-state index in [-0.39, 0.29) is 11.8 Å². The van der Waals surface area contributed by atoms with Crippen molar-refractivity contribution in [2.24, 2.45) is 13.0 Å². The number of amides is 1. The number of carbonyl (C=O) groups is 1.